The van der Waals surface area contributed by atoms with Crippen molar-refractivity contribution in [1.29, 1.82) is 0 Å². The number of nitrogens with zero attached hydrogens (tertiary/aromatic N) is 2. The van der Waals surface area contributed by atoms with Crippen LogP contribution in [0.5, 0.6) is 0 Å². The molecule has 0 saturated carbocycles. The number of hydrogen-bond acceptors (Lipinski definition) is 1. The van der Waals surface area contributed by atoms with Gasteiger partial charge in [-0.15, -0.1) is 0 Å². The topological polar surface area (TPSA) is 6.25 Å². The van der Waals surface area contributed by atoms with Crippen molar-refractivity contribution in [2.75, 3.05) is 20.1 Å². The van der Waals surface area contributed by atoms with E-state index in [9.17, 15) is 0 Å². The molecule has 0 bridgehead atoms. The third-order valence-corrected chi connectivity index (χ3v) is 2.96. The largest absolute Gasteiger partial charge is 0.271 e. The van der Waals surface area contributed by atoms with Gasteiger partial charge in [0, 0.05) is 5.92 Å². The van der Waals surface area contributed by atoms with Crippen molar-refractivity contribution in [3.8, 4) is 0 Å². The van der Waals surface area contributed by atoms with Gasteiger partial charge in [-0.25, -0.2) is 0 Å². The molecule has 0 aromatic rings. The third-order valence-electron chi connectivity index (χ3n) is 2.96. The zero-order valence-corrected chi connectivity index (χ0v) is 8.75. The fourth-order valence-corrected chi connectivity index (χ4v) is 2.04. The maximum atomic E-state index is 2.43. The highest BCUT2D eigenvalue weighted by molar-refractivity contribution is 5.50. The molecule has 1 rings (SSSR count). The predicted molar refractivity (Wildman–Crippen MR) is 52.7 cm³/mol. The molecular formula is C10H21N2+. The molecule has 0 fully saturated rings. The summed E-state index contributed by atoms with van der Waals surface area (Å²) in [5.74, 6) is 0.833. The summed E-state index contributed by atoms with van der Waals surface area (Å²) in [6.07, 6.45) is 3.53. The summed E-state index contributed by atoms with van der Waals surface area (Å²) in [4.78, 5) is 2.43. The van der Waals surface area contributed by atoms with E-state index < -0.39 is 0 Å². The van der Waals surface area contributed by atoms with Crippen molar-refractivity contribution in [3.63, 3.8) is 0 Å². The van der Waals surface area contributed by atoms with Crippen LogP contribution in [0.15, 0.2) is 0 Å². The third kappa shape index (κ3) is 1.79. The summed E-state index contributed by atoms with van der Waals surface area (Å²) in [6, 6.07) is 0.719. The van der Waals surface area contributed by atoms with Crippen molar-refractivity contribution >= 4 is 6.34 Å². The van der Waals surface area contributed by atoms with Crippen molar-refractivity contribution in [2.24, 2.45) is 5.92 Å². The van der Waals surface area contributed by atoms with Gasteiger partial charge in [-0.1, -0.05) is 6.92 Å². The van der Waals surface area contributed by atoms with E-state index in [-0.39, 0.29) is 0 Å². The second-order valence-corrected chi connectivity index (χ2v) is 3.79. The first kappa shape index (κ1) is 9.56. The van der Waals surface area contributed by atoms with Crippen LogP contribution in [0.25, 0.3) is 0 Å². The SMILES string of the molecule is CCC1C[N+](C)=CN(CC)C1C. The van der Waals surface area contributed by atoms with Crippen LogP contribution in [-0.2, 0) is 0 Å². The molecule has 0 saturated heterocycles. The van der Waals surface area contributed by atoms with Gasteiger partial charge in [0.15, 0.2) is 0 Å². The molecule has 1 aliphatic rings. The van der Waals surface area contributed by atoms with Gasteiger partial charge in [0.05, 0.1) is 26.2 Å². The minimum absolute atomic E-state index is 0.719. The number of hydrogen-bond donors (Lipinski definition) is 0. The Hall–Kier alpha value is -0.530. The lowest BCUT2D eigenvalue weighted by molar-refractivity contribution is -0.514. The van der Waals surface area contributed by atoms with Crippen LogP contribution >= 0.6 is 0 Å². The van der Waals surface area contributed by atoms with E-state index >= 15 is 0 Å². The lowest BCUT2D eigenvalue weighted by Crippen LogP contribution is -2.47. The second-order valence-electron chi connectivity index (χ2n) is 3.79. The molecule has 2 atom stereocenters. The summed E-state index contributed by atoms with van der Waals surface area (Å²) < 4.78 is 2.30. The summed E-state index contributed by atoms with van der Waals surface area (Å²) in [5.41, 5.74) is 0. The van der Waals surface area contributed by atoms with Gasteiger partial charge in [0.25, 0.3) is 0 Å². The van der Waals surface area contributed by atoms with Gasteiger partial charge in [0.2, 0.25) is 6.34 Å². The lowest BCUT2D eigenvalue weighted by Gasteiger charge is -2.31. The molecule has 0 radical (unpaired) electrons. The van der Waals surface area contributed by atoms with Crippen LogP contribution in [0, 0.1) is 5.92 Å². The molecule has 2 nitrogen and oxygen atoms in total. The Labute approximate surface area is 75.9 Å². The highest BCUT2D eigenvalue weighted by Gasteiger charge is 2.29. The molecule has 70 valence electrons. The van der Waals surface area contributed by atoms with E-state index in [1.807, 2.05) is 0 Å². The minimum atomic E-state index is 0.719. The smallest absolute Gasteiger partial charge is 0.234 e. The average molecular weight is 169 g/mol. The molecule has 0 N–H and O–H groups in total. The Bertz CT molecular complexity index is 175. The minimum Gasteiger partial charge on any atom is -0.271 e. The van der Waals surface area contributed by atoms with E-state index in [1.54, 1.807) is 0 Å². The van der Waals surface area contributed by atoms with Gasteiger partial charge >= 0.3 is 0 Å². The zero-order valence-electron chi connectivity index (χ0n) is 8.75. The fraction of sp³-hybridized carbons (Fsp3) is 0.900. The van der Waals surface area contributed by atoms with Crippen molar-refractivity contribution in [1.82, 2.24) is 4.90 Å². The summed E-state index contributed by atoms with van der Waals surface area (Å²) >= 11 is 0. The van der Waals surface area contributed by atoms with Gasteiger partial charge in [-0.05, 0) is 20.3 Å². The van der Waals surface area contributed by atoms with Gasteiger partial charge in [-0.2, -0.15) is 0 Å². The second kappa shape index (κ2) is 3.92. The molecule has 0 aromatic heterocycles. The summed E-state index contributed by atoms with van der Waals surface area (Å²) in [5, 5.41) is 0. The molecule has 0 aromatic carbocycles. The highest BCUT2D eigenvalue weighted by atomic mass is 15.2. The van der Waals surface area contributed by atoms with Crippen LogP contribution in [0.2, 0.25) is 0 Å². The maximum absolute atomic E-state index is 2.43. The molecule has 1 heterocycles. The molecule has 2 unspecified atom stereocenters. The Morgan fingerprint density at radius 3 is 2.67 bits per heavy atom. The average Bonchev–Trinajstić information content (AvgIpc) is 2.08. The Kier molecular flexibility index (Phi) is 3.12. The molecular weight excluding hydrogens is 148 g/mol. The maximum Gasteiger partial charge on any atom is 0.234 e. The molecule has 1 aliphatic heterocycles. The first-order valence-corrected chi connectivity index (χ1v) is 5.00. The van der Waals surface area contributed by atoms with E-state index in [4.69, 9.17) is 0 Å². The molecule has 12 heavy (non-hydrogen) atoms. The Morgan fingerprint density at radius 2 is 2.17 bits per heavy atom. The standard InChI is InChI=1S/C10H21N2/c1-5-10-7-11(4)8-12(6-2)9(10)3/h8-10H,5-7H2,1-4H3/q+1. The van der Waals surface area contributed by atoms with E-state index in [0.717, 1.165) is 18.5 Å². The van der Waals surface area contributed by atoms with Crippen LogP contribution in [0.4, 0.5) is 0 Å². The Balaban J connectivity index is 2.70. The van der Waals surface area contributed by atoms with Crippen molar-refractivity contribution < 1.29 is 4.58 Å². The molecule has 0 aliphatic carbocycles. The summed E-state index contributed by atoms with van der Waals surface area (Å²) in [6.45, 7) is 9.18. The fourth-order valence-electron chi connectivity index (χ4n) is 2.04. The normalized spacial score (nSPS) is 30.3. The van der Waals surface area contributed by atoms with Gasteiger partial charge in [0.1, 0.15) is 0 Å². The van der Waals surface area contributed by atoms with Crippen LogP contribution < -0.4 is 0 Å². The van der Waals surface area contributed by atoms with E-state index in [2.05, 4.69) is 43.6 Å². The zero-order chi connectivity index (χ0) is 9.14. The monoisotopic (exact) mass is 169 g/mol. The molecule has 0 spiro atoms. The molecule has 0 amide bonds. The first-order valence-electron chi connectivity index (χ1n) is 5.00. The summed E-state index contributed by atoms with van der Waals surface area (Å²) in [7, 11) is 2.16. The van der Waals surface area contributed by atoms with Crippen molar-refractivity contribution in [3.05, 3.63) is 0 Å². The quantitative estimate of drug-likeness (QED) is 0.566. The van der Waals surface area contributed by atoms with Crippen LogP contribution in [-0.4, -0.2) is 42.0 Å². The van der Waals surface area contributed by atoms with Gasteiger partial charge < -0.3 is 0 Å². The van der Waals surface area contributed by atoms with Gasteiger partial charge in [-0.3, -0.25) is 9.48 Å². The molecule has 2 heteroatoms. The first-order chi connectivity index (χ1) is 5.69. The van der Waals surface area contributed by atoms with Crippen LogP contribution in [0.1, 0.15) is 27.2 Å². The van der Waals surface area contributed by atoms with E-state index in [0.29, 0.717) is 0 Å². The number of rotatable bonds is 2. The van der Waals surface area contributed by atoms with Crippen molar-refractivity contribution in [2.45, 2.75) is 33.2 Å². The van der Waals surface area contributed by atoms with Crippen LogP contribution in [0.3, 0.4) is 0 Å². The van der Waals surface area contributed by atoms with E-state index in [1.165, 1.54) is 13.0 Å². The highest BCUT2D eigenvalue weighted by Crippen LogP contribution is 2.16. The lowest BCUT2D eigenvalue weighted by atomic mass is 9.96. The Morgan fingerprint density at radius 1 is 1.50 bits per heavy atom. The predicted octanol–water partition coefficient (Wildman–Crippen LogP) is 1.41.